The monoisotopic (exact) mass is 343 g/mol. The highest BCUT2D eigenvalue weighted by Gasteiger charge is 2.27. The molecule has 1 aliphatic rings. The number of pyridine rings is 1. The molecule has 1 amide bonds. The highest BCUT2D eigenvalue weighted by Crippen LogP contribution is 2.20. The van der Waals surface area contributed by atoms with Crippen LogP contribution in [-0.4, -0.2) is 64.1 Å². The van der Waals surface area contributed by atoms with Crippen LogP contribution in [0.3, 0.4) is 0 Å². The first-order chi connectivity index (χ1) is 12.1. The predicted molar refractivity (Wildman–Crippen MR) is 93.8 cm³/mol. The fraction of sp³-hybridized carbons (Fsp3) is 0.556. The van der Waals surface area contributed by atoms with Crippen molar-refractivity contribution in [3.05, 3.63) is 30.4 Å². The number of nitrogens with zero attached hydrogens (tertiary/aromatic N) is 5. The highest BCUT2D eigenvalue weighted by atomic mass is 16.5. The summed E-state index contributed by atoms with van der Waals surface area (Å²) < 4.78 is 5.29. The summed E-state index contributed by atoms with van der Waals surface area (Å²) in [5.41, 5.74) is 0.860. The maximum absolute atomic E-state index is 12.6. The molecule has 7 nitrogen and oxygen atoms in total. The Morgan fingerprint density at radius 2 is 2.12 bits per heavy atom. The number of likely N-dealkylation sites (tertiary alicyclic amines) is 1. The van der Waals surface area contributed by atoms with Crippen molar-refractivity contribution in [1.82, 2.24) is 24.9 Å². The zero-order valence-electron chi connectivity index (χ0n) is 14.9. The van der Waals surface area contributed by atoms with Crippen LogP contribution in [0.15, 0.2) is 29.0 Å². The molecule has 1 atom stereocenters. The highest BCUT2D eigenvalue weighted by molar-refractivity contribution is 5.76. The molecular weight excluding hydrogens is 318 g/mol. The fourth-order valence-electron chi connectivity index (χ4n) is 3.27. The summed E-state index contributed by atoms with van der Waals surface area (Å²) in [4.78, 5) is 25.2. The van der Waals surface area contributed by atoms with Crippen LogP contribution in [0.5, 0.6) is 0 Å². The van der Waals surface area contributed by atoms with Gasteiger partial charge in [0.05, 0.1) is 0 Å². The number of aromatic nitrogens is 3. The fourth-order valence-corrected chi connectivity index (χ4v) is 3.27. The molecule has 7 heteroatoms. The van der Waals surface area contributed by atoms with Gasteiger partial charge in [0.25, 0.3) is 0 Å². The Morgan fingerprint density at radius 1 is 1.32 bits per heavy atom. The number of likely N-dealkylation sites (N-methyl/N-ethyl adjacent to an activating group) is 1. The molecule has 0 N–H and O–H groups in total. The van der Waals surface area contributed by atoms with Gasteiger partial charge in [0.15, 0.2) is 0 Å². The quantitative estimate of drug-likeness (QED) is 0.799. The largest absolute Gasteiger partial charge is 0.339 e. The minimum absolute atomic E-state index is 0.176. The van der Waals surface area contributed by atoms with Crippen LogP contribution in [0.1, 0.15) is 31.6 Å². The van der Waals surface area contributed by atoms with Crippen LogP contribution >= 0.6 is 0 Å². The van der Waals surface area contributed by atoms with Crippen LogP contribution in [0, 0.1) is 0 Å². The SMILES string of the molecule is CN(C)CC1CCCCN1C(=O)CCc1nc(-c2ccncc2)no1. The van der Waals surface area contributed by atoms with E-state index in [1.165, 1.54) is 6.42 Å². The summed E-state index contributed by atoms with van der Waals surface area (Å²) in [6.45, 7) is 1.77. The maximum atomic E-state index is 12.6. The van der Waals surface area contributed by atoms with E-state index in [-0.39, 0.29) is 5.91 Å². The predicted octanol–water partition coefficient (Wildman–Crippen LogP) is 2.01. The summed E-state index contributed by atoms with van der Waals surface area (Å²) in [6, 6.07) is 3.98. The Kier molecular flexibility index (Phi) is 5.75. The van der Waals surface area contributed by atoms with Crippen LogP contribution in [0.25, 0.3) is 11.4 Å². The Bertz CT molecular complexity index is 686. The first-order valence-electron chi connectivity index (χ1n) is 8.80. The third-order valence-electron chi connectivity index (χ3n) is 4.48. The lowest BCUT2D eigenvalue weighted by Crippen LogP contribution is -2.48. The molecule has 3 heterocycles. The van der Waals surface area contributed by atoms with Gasteiger partial charge in [-0.3, -0.25) is 9.78 Å². The van der Waals surface area contributed by atoms with Gasteiger partial charge in [-0.05, 0) is 45.5 Å². The van der Waals surface area contributed by atoms with Crippen molar-refractivity contribution in [3.63, 3.8) is 0 Å². The molecule has 0 aliphatic carbocycles. The molecule has 0 radical (unpaired) electrons. The van der Waals surface area contributed by atoms with Crippen molar-refractivity contribution < 1.29 is 9.32 Å². The molecule has 1 saturated heterocycles. The number of rotatable bonds is 6. The van der Waals surface area contributed by atoms with E-state index in [0.717, 1.165) is 31.5 Å². The second-order valence-electron chi connectivity index (χ2n) is 6.75. The Balaban J connectivity index is 1.57. The Hall–Kier alpha value is -2.28. The van der Waals surface area contributed by atoms with E-state index in [1.54, 1.807) is 12.4 Å². The minimum atomic E-state index is 0.176. The van der Waals surface area contributed by atoms with Crippen molar-refractivity contribution >= 4 is 5.91 Å². The average molecular weight is 343 g/mol. The van der Waals surface area contributed by atoms with E-state index < -0.39 is 0 Å². The van der Waals surface area contributed by atoms with E-state index in [2.05, 4.69) is 34.1 Å². The van der Waals surface area contributed by atoms with Crippen LogP contribution in [0.2, 0.25) is 0 Å². The van der Waals surface area contributed by atoms with Crippen LogP contribution in [0.4, 0.5) is 0 Å². The lowest BCUT2D eigenvalue weighted by Gasteiger charge is -2.37. The number of piperidine rings is 1. The lowest BCUT2D eigenvalue weighted by molar-refractivity contribution is -0.135. The van der Waals surface area contributed by atoms with Gasteiger partial charge in [-0.15, -0.1) is 0 Å². The molecule has 3 rings (SSSR count). The first-order valence-corrected chi connectivity index (χ1v) is 8.80. The smallest absolute Gasteiger partial charge is 0.227 e. The minimum Gasteiger partial charge on any atom is -0.339 e. The van der Waals surface area contributed by atoms with Crippen molar-refractivity contribution in [2.75, 3.05) is 27.2 Å². The van der Waals surface area contributed by atoms with E-state index in [9.17, 15) is 4.79 Å². The molecule has 0 aromatic carbocycles. The van der Waals surface area contributed by atoms with Gasteiger partial charge in [-0.2, -0.15) is 4.98 Å². The van der Waals surface area contributed by atoms with Gasteiger partial charge >= 0.3 is 0 Å². The van der Waals surface area contributed by atoms with E-state index in [0.29, 0.717) is 30.6 Å². The van der Waals surface area contributed by atoms with Gasteiger partial charge in [0.1, 0.15) is 0 Å². The molecule has 1 aliphatic heterocycles. The lowest BCUT2D eigenvalue weighted by atomic mass is 10.0. The standard InChI is InChI=1S/C18H25N5O2/c1-22(2)13-15-5-3-4-12-23(15)17(24)7-6-16-20-18(21-25-16)14-8-10-19-11-9-14/h8-11,15H,3-7,12-13H2,1-2H3. The van der Waals surface area contributed by atoms with Gasteiger partial charge in [0.2, 0.25) is 17.6 Å². The average Bonchev–Trinajstić information content (AvgIpc) is 3.09. The molecule has 1 unspecified atom stereocenters. The van der Waals surface area contributed by atoms with Crippen molar-refractivity contribution in [1.29, 1.82) is 0 Å². The van der Waals surface area contributed by atoms with Crippen LogP contribution < -0.4 is 0 Å². The molecule has 2 aromatic rings. The Morgan fingerprint density at radius 3 is 2.88 bits per heavy atom. The molecule has 2 aromatic heterocycles. The molecule has 134 valence electrons. The number of carbonyl (C=O) groups excluding carboxylic acids is 1. The molecule has 25 heavy (non-hydrogen) atoms. The number of aryl methyl sites for hydroxylation is 1. The number of hydrogen-bond acceptors (Lipinski definition) is 6. The molecule has 0 spiro atoms. The number of carbonyl (C=O) groups is 1. The summed E-state index contributed by atoms with van der Waals surface area (Å²) in [6.07, 6.45) is 7.62. The van der Waals surface area contributed by atoms with Crippen molar-refractivity contribution in [2.24, 2.45) is 0 Å². The molecule has 0 saturated carbocycles. The van der Waals surface area contributed by atoms with E-state index in [4.69, 9.17) is 4.52 Å². The molecule has 0 bridgehead atoms. The van der Waals surface area contributed by atoms with Crippen LogP contribution in [-0.2, 0) is 11.2 Å². The van der Waals surface area contributed by atoms with Gasteiger partial charge < -0.3 is 14.3 Å². The van der Waals surface area contributed by atoms with Gasteiger partial charge in [0, 0.05) is 49.9 Å². The summed E-state index contributed by atoms with van der Waals surface area (Å²) in [5.74, 6) is 1.21. The third-order valence-corrected chi connectivity index (χ3v) is 4.48. The first kappa shape index (κ1) is 17.5. The molecule has 1 fully saturated rings. The normalized spacial score (nSPS) is 17.9. The summed E-state index contributed by atoms with van der Waals surface area (Å²) >= 11 is 0. The number of amides is 1. The third kappa shape index (κ3) is 4.63. The molecular formula is C18H25N5O2. The van der Waals surface area contributed by atoms with E-state index >= 15 is 0 Å². The topological polar surface area (TPSA) is 75.4 Å². The summed E-state index contributed by atoms with van der Waals surface area (Å²) in [5, 5.41) is 3.99. The van der Waals surface area contributed by atoms with E-state index in [1.807, 2.05) is 17.0 Å². The zero-order chi connectivity index (χ0) is 17.6. The van der Waals surface area contributed by atoms with Crippen molar-refractivity contribution in [2.45, 2.75) is 38.1 Å². The second-order valence-corrected chi connectivity index (χ2v) is 6.75. The summed E-state index contributed by atoms with van der Waals surface area (Å²) in [7, 11) is 4.10. The Labute approximate surface area is 148 Å². The van der Waals surface area contributed by atoms with Gasteiger partial charge in [-0.1, -0.05) is 5.16 Å². The zero-order valence-corrected chi connectivity index (χ0v) is 14.9. The van der Waals surface area contributed by atoms with Crippen molar-refractivity contribution in [3.8, 4) is 11.4 Å². The van der Waals surface area contributed by atoms with Gasteiger partial charge in [-0.25, -0.2) is 0 Å². The second kappa shape index (κ2) is 8.20. The number of hydrogen-bond donors (Lipinski definition) is 0. The maximum Gasteiger partial charge on any atom is 0.227 e.